The van der Waals surface area contributed by atoms with Crippen molar-refractivity contribution in [3.05, 3.63) is 18.3 Å². The van der Waals surface area contributed by atoms with E-state index in [-0.39, 0.29) is 6.61 Å². The molecule has 0 spiro atoms. The average molecular weight is 211 g/mol. The minimum Gasteiger partial charge on any atom is -0.493 e. The van der Waals surface area contributed by atoms with Crippen molar-refractivity contribution in [1.29, 1.82) is 0 Å². The van der Waals surface area contributed by atoms with E-state index in [1.807, 2.05) is 0 Å². The minimum atomic E-state index is -0.787. The number of pyridine rings is 1. The zero-order chi connectivity index (χ0) is 11.1. The summed E-state index contributed by atoms with van der Waals surface area (Å²) in [6.45, 7) is 0.616. The number of hydrogen-bond acceptors (Lipinski definition) is 5. The van der Waals surface area contributed by atoms with Gasteiger partial charge in [-0.15, -0.1) is 0 Å². The smallest absolute Gasteiger partial charge is 0.404 e. The topological polar surface area (TPSA) is 86.5 Å². The van der Waals surface area contributed by atoms with Crippen molar-refractivity contribution in [3.8, 4) is 5.75 Å². The number of nitrogens with zero attached hydrogens (tertiary/aromatic N) is 1. The first-order chi connectivity index (χ1) is 7.24. The number of nitrogens with two attached hydrogens (primary N) is 1. The second kappa shape index (κ2) is 5.69. The van der Waals surface area contributed by atoms with Gasteiger partial charge in [0, 0.05) is 6.20 Å². The molecular formula is C9H13N3O3. The SMILES string of the molecule is COc1cccnc1NCCOC(N)=O. The zero-order valence-corrected chi connectivity index (χ0v) is 8.40. The third kappa shape index (κ3) is 3.72. The highest BCUT2D eigenvalue weighted by Gasteiger charge is 2.01. The Balaban J connectivity index is 2.39. The fraction of sp³-hybridized carbons (Fsp3) is 0.333. The summed E-state index contributed by atoms with van der Waals surface area (Å²) in [4.78, 5) is 14.3. The third-order valence-corrected chi connectivity index (χ3v) is 1.63. The second-order valence-corrected chi connectivity index (χ2v) is 2.65. The molecule has 0 unspecified atom stereocenters. The van der Waals surface area contributed by atoms with E-state index < -0.39 is 6.09 Å². The number of carbonyl (C=O) groups is 1. The van der Waals surface area contributed by atoms with Gasteiger partial charge in [-0.1, -0.05) is 0 Å². The Morgan fingerprint density at radius 2 is 2.47 bits per heavy atom. The molecule has 1 rings (SSSR count). The van der Waals surface area contributed by atoms with Crippen molar-refractivity contribution in [2.75, 3.05) is 25.6 Å². The van der Waals surface area contributed by atoms with Crippen molar-refractivity contribution >= 4 is 11.9 Å². The summed E-state index contributed by atoms with van der Waals surface area (Å²) in [5.41, 5.74) is 4.80. The van der Waals surface area contributed by atoms with Gasteiger partial charge in [-0.25, -0.2) is 9.78 Å². The maximum Gasteiger partial charge on any atom is 0.404 e. The van der Waals surface area contributed by atoms with Gasteiger partial charge in [0.1, 0.15) is 6.61 Å². The standard InChI is InChI=1S/C9H13N3O3/c1-14-7-3-2-4-11-8(7)12-5-6-15-9(10)13/h2-4H,5-6H2,1H3,(H2,10,13)(H,11,12). The van der Waals surface area contributed by atoms with E-state index in [9.17, 15) is 4.79 Å². The maximum atomic E-state index is 10.3. The molecule has 1 aromatic rings. The van der Waals surface area contributed by atoms with Crippen LogP contribution in [-0.4, -0.2) is 31.3 Å². The molecule has 0 radical (unpaired) electrons. The van der Waals surface area contributed by atoms with Gasteiger partial charge in [0.25, 0.3) is 0 Å². The number of aromatic nitrogens is 1. The Kier molecular flexibility index (Phi) is 4.21. The first kappa shape index (κ1) is 11.1. The van der Waals surface area contributed by atoms with Gasteiger partial charge >= 0.3 is 6.09 Å². The normalized spacial score (nSPS) is 9.40. The molecule has 1 heterocycles. The molecule has 6 nitrogen and oxygen atoms in total. The predicted molar refractivity (Wildman–Crippen MR) is 54.8 cm³/mol. The van der Waals surface area contributed by atoms with E-state index >= 15 is 0 Å². The molecule has 0 saturated heterocycles. The summed E-state index contributed by atoms with van der Waals surface area (Å²) in [6.07, 6.45) is 0.851. The molecule has 1 aromatic heterocycles. The molecule has 0 saturated carbocycles. The van der Waals surface area contributed by atoms with Crippen molar-refractivity contribution in [1.82, 2.24) is 4.98 Å². The monoisotopic (exact) mass is 211 g/mol. The summed E-state index contributed by atoms with van der Waals surface area (Å²) in [6, 6.07) is 3.55. The van der Waals surface area contributed by atoms with Crippen LogP contribution >= 0.6 is 0 Å². The molecule has 0 aliphatic carbocycles. The molecule has 0 aliphatic rings. The number of rotatable bonds is 5. The van der Waals surface area contributed by atoms with Gasteiger partial charge in [-0.2, -0.15) is 0 Å². The number of anilines is 1. The Hall–Kier alpha value is -1.98. The fourth-order valence-corrected chi connectivity index (χ4v) is 1.01. The highest BCUT2D eigenvalue weighted by atomic mass is 16.5. The second-order valence-electron chi connectivity index (χ2n) is 2.65. The summed E-state index contributed by atoms with van der Waals surface area (Å²) in [7, 11) is 1.56. The van der Waals surface area contributed by atoms with E-state index in [1.54, 1.807) is 25.4 Å². The molecule has 15 heavy (non-hydrogen) atoms. The Morgan fingerprint density at radius 1 is 1.67 bits per heavy atom. The number of hydrogen-bond donors (Lipinski definition) is 2. The first-order valence-corrected chi connectivity index (χ1v) is 4.39. The van der Waals surface area contributed by atoms with Crippen LogP contribution in [0.4, 0.5) is 10.6 Å². The van der Waals surface area contributed by atoms with Crippen LogP contribution in [0.2, 0.25) is 0 Å². The molecule has 82 valence electrons. The number of amides is 1. The van der Waals surface area contributed by atoms with Gasteiger partial charge in [0.15, 0.2) is 11.6 Å². The van der Waals surface area contributed by atoms with Crippen molar-refractivity contribution in [3.63, 3.8) is 0 Å². The molecule has 0 fully saturated rings. The highest BCUT2D eigenvalue weighted by molar-refractivity contribution is 5.64. The lowest BCUT2D eigenvalue weighted by Crippen LogP contribution is -2.18. The fourth-order valence-electron chi connectivity index (χ4n) is 1.01. The van der Waals surface area contributed by atoms with Crippen molar-refractivity contribution < 1.29 is 14.3 Å². The first-order valence-electron chi connectivity index (χ1n) is 4.39. The van der Waals surface area contributed by atoms with Crippen molar-refractivity contribution in [2.24, 2.45) is 5.73 Å². The summed E-state index contributed by atoms with van der Waals surface area (Å²) >= 11 is 0. The van der Waals surface area contributed by atoms with Crippen LogP contribution in [0.3, 0.4) is 0 Å². The van der Waals surface area contributed by atoms with Gasteiger partial charge in [-0.05, 0) is 12.1 Å². The summed E-state index contributed by atoms with van der Waals surface area (Å²) in [5, 5.41) is 2.95. The minimum absolute atomic E-state index is 0.190. The largest absolute Gasteiger partial charge is 0.493 e. The van der Waals surface area contributed by atoms with Crippen LogP contribution in [0.5, 0.6) is 5.75 Å². The van der Waals surface area contributed by atoms with Crippen LogP contribution in [0.25, 0.3) is 0 Å². The van der Waals surface area contributed by atoms with E-state index in [4.69, 9.17) is 10.5 Å². The van der Waals surface area contributed by atoms with Gasteiger partial charge in [-0.3, -0.25) is 0 Å². The highest BCUT2D eigenvalue weighted by Crippen LogP contribution is 2.19. The molecule has 0 aromatic carbocycles. The van der Waals surface area contributed by atoms with Crippen LogP contribution in [0.15, 0.2) is 18.3 Å². The van der Waals surface area contributed by atoms with E-state index in [1.165, 1.54) is 0 Å². The maximum absolute atomic E-state index is 10.3. The van der Waals surface area contributed by atoms with E-state index in [0.717, 1.165) is 0 Å². The molecule has 6 heteroatoms. The van der Waals surface area contributed by atoms with Crippen LogP contribution in [0, 0.1) is 0 Å². The van der Waals surface area contributed by atoms with Crippen LogP contribution in [-0.2, 0) is 4.74 Å². The third-order valence-electron chi connectivity index (χ3n) is 1.63. The molecule has 0 atom stereocenters. The van der Waals surface area contributed by atoms with Crippen LogP contribution in [0.1, 0.15) is 0 Å². The molecule has 3 N–H and O–H groups in total. The molecule has 0 aliphatic heterocycles. The Morgan fingerprint density at radius 3 is 3.13 bits per heavy atom. The number of primary amides is 1. The molecule has 1 amide bonds. The lowest BCUT2D eigenvalue weighted by Gasteiger charge is -2.08. The van der Waals surface area contributed by atoms with Crippen LogP contribution < -0.4 is 15.8 Å². The number of methoxy groups -OCH3 is 1. The summed E-state index contributed by atoms with van der Waals surface area (Å²) in [5.74, 6) is 1.24. The average Bonchev–Trinajstić information content (AvgIpc) is 2.24. The lowest BCUT2D eigenvalue weighted by molar-refractivity contribution is 0.161. The lowest BCUT2D eigenvalue weighted by atomic mass is 10.4. The van der Waals surface area contributed by atoms with Gasteiger partial charge in [0.05, 0.1) is 13.7 Å². The van der Waals surface area contributed by atoms with Gasteiger partial charge in [0.2, 0.25) is 0 Å². The predicted octanol–water partition coefficient (Wildman–Crippen LogP) is 0.597. The molecular weight excluding hydrogens is 198 g/mol. The Labute approximate surface area is 87.4 Å². The van der Waals surface area contributed by atoms with Gasteiger partial charge < -0.3 is 20.5 Å². The van der Waals surface area contributed by atoms with E-state index in [0.29, 0.717) is 18.1 Å². The number of carbonyl (C=O) groups excluding carboxylic acids is 1. The quantitative estimate of drug-likeness (QED) is 0.696. The van der Waals surface area contributed by atoms with Crippen molar-refractivity contribution in [2.45, 2.75) is 0 Å². The number of nitrogens with one attached hydrogen (secondary N) is 1. The zero-order valence-electron chi connectivity index (χ0n) is 8.40. The Bertz CT molecular complexity index is 330. The molecule has 0 bridgehead atoms. The number of ether oxygens (including phenoxy) is 2. The summed E-state index contributed by atoms with van der Waals surface area (Å²) < 4.78 is 9.61. The van der Waals surface area contributed by atoms with E-state index in [2.05, 4.69) is 15.0 Å².